The van der Waals surface area contributed by atoms with Gasteiger partial charge >= 0.3 is 0 Å². The average Bonchev–Trinajstić information content (AvgIpc) is 3.06. The van der Waals surface area contributed by atoms with Crippen LogP contribution >= 0.6 is 0 Å². The Hall–Kier alpha value is -4.37. The molecule has 6 heteroatoms. The van der Waals surface area contributed by atoms with Crippen molar-refractivity contribution in [1.29, 1.82) is 5.26 Å². The lowest BCUT2D eigenvalue weighted by molar-refractivity contribution is -0.120. The van der Waals surface area contributed by atoms with E-state index < -0.39 is 11.8 Å². The zero-order valence-electron chi connectivity index (χ0n) is 19.5. The maximum absolute atomic E-state index is 13.6. The fraction of sp³-hybridized carbons (Fsp3) is 0.179. The van der Waals surface area contributed by atoms with Gasteiger partial charge in [0.2, 0.25) is 0 Å². The molecule has 2 amide bonds. The van der Waals surface area contributed by atoms with Crippen LogP contribution in [0.1, 0.15) is 36.1 Å². The molecule has 0 unspecified atom stereocenters. The van der Waals surface area contributed by atoms with Gasteiger partial charge in [-0.1, -0.05) is 24.3 Å². The van der Waals surface area contributed by atoms with Gasteiger partial charge in [-0.2, -0.15) is 5.26 Å². The summed E-state index contributed by atoms with van der Waals surface area (Å²) < 4.78 is 5.72. The molecule has 3 aromatic carbocycles. The third-order valence-electron chi connectivity index (χ3n) is 5.51. The molecule has 170 valence electrons. The number of hydrogen-bond donors (Lipinski definition) is 1. The van der Waals surface area contributed by atoms with E-state index in [1.807, 2.05) is 45.9 Å². The molecule has 1 aliphatic heterocycles. The van der Waals surface area contributed by atoms with Gasteiger partial charge in [0.1, 0.15) is 11.4 Å². The zero-order valence-corrected chi connectivity index (χ0v) is 19.5. The Bertz CT molecular complexity index is 1330. The van der Waals surface area contributed by atoms with E-state index in [-0.39, 0.29) is 17.4 Å². The van der Waals surface area contributed by atoms with Crippen LogP contribution in [0.2, 0.25) is 0 Å². The molecule has 0 fully saturated rings. The largest absolute Gasteiger partial charge is 0.491 e. The topological polar surface area (TPSA) is 82.4 Å². The summed E-state index contributed by atoms with van der Waals surface area (Å²) in [7, 11) is 0. The predicted molar refractivity (Wildman–Crippen MR) is 132 cm³/mol. The molecule has 0 aliphatic carbocycles. The Kier molecular flexibility index (Phi) is 6.20. The highest BCUT2D eigenvalue weighted by Crippen LogP contribution is 2.35. The third-order valence-corrected chi connectivity index (χ3v) is 5.51. The first-order valence-corrected chi connectivity index (χ1v) is 11.0. The van der Waals surface area contributed by atoms with Crippen molar-refractivity contribution in [3.8, 4) is 11.8 Å². The van der Waals surface area contributed by atoms with E-state index >= 15 is 0 Å². The monoisotopic (exact) mass is 451 g/mol. The van der Waals surface area contributed by atoms with Crippen molar-refractivity contribution in [2.75, 3.05) is 10.2 Å². The van der Waals surface area contributed by atoms with Crippen molar-refractivity contribution in [2.45, 2.75) is 33.8 Å². The van der Waals surface area contributed by atoms with Crippen LogP contribution in [0.4, 0.5) is 11.4 Å². The fourth-order valence-corrected chi connectivity index (χ4v) is 3.81. The van der Waals surface area contributed by atoms with Crippen molar-refractivity contribution in [3.63, 3.8) is 0 Å². The van der Waals surface area contributed by atoms with Gasteiger partial charge in [-0.25, -0.2) is 4.90 Å². The van der Waals surface area contributed by atoms with Crippen LogP contribution < -0.4 is 15.0 Å². The van der Waals surface area contributed by atoms with Gasteiger partial charge in [0.05, 0.1) is 29.0 Å². The summed E-state index contributed by atoms with van der Waals surface area (Å²) >= 11 is 0. The number of amides is 2. The molecule has 1 N–H and O–H groups in total. The molecule has 0 bridgehead atoms. The minimum atomic E-state index is -0.451. The van der Waals surface area contributed by atoms with Crippen molar-refractivity contribution in [1.82, 2.24) is 0 Å². The number of carbonyl (C=O) groups excluding carboxylic acids is 2. The molecule has 0 aromatic heterocycles. The lowest BCUT2D eigenvalue weighted by atomic mass is 10.0. The number of ether oxygens (including phenoxy) is 1. The summed E-state index contributed by atoms with van der Waals surface area (Å²) in [5, 5.41) is 12.3. The number of carbonyl (C=O) groups is 2. The van der Waals surface area contributed by atoms with Gasteiger partial charge in [-0.05, 0) is 86.8 Å². The number of rotatable bonds is 6. The van der Waals surface area contributed by atoms with E-state index in [4.69, 9.17) is 10.00 Å². The summed E-state index contributed by atoms with van der Waals surface area (Å²) in [5.74, 6) is -0.197. The van der Waals surface area contributed by atoms with E-state index in [0.29, 0.717) is 22.6 Å². The summed E-state index contributed by atoms with van der Waals surface area (Å²) in [4.78, 5) is 28.3. The second-order valence-electron chi connectivity index (χ2n) is 8.49. The van der Waals surface area contributed by atoms with E-state index in [1.165, 1.54) is 0 Å². The van der Waals surface area contributed by atoms with Crippen LogP contribution in [0.5, 0.6) is 5.75 Å². The van der Waals surface area contributed by atoms with Crippen LogP contribution in [-0.4, -0.2) is 17.9 Å². The van der Waals surface area contributed by atoms with Crippen LogP contribution in [0, 0.1) is 25.2 Å². The Morgan fingerprint density at radius 2 is 1.59 bits per heavy atom. The summed E-state index contributed by atoms with van der Waals surface area (Å²) in [6.07, 6.45) is 0.0214. The smallest absolute Gasteiger partial charge is 0.282 e. The minimum Gasteiger partial charge on any atom is -0.491 e. The van der Waals surface area contributed by atoms with E-state index in [1.54, 1.807) is 48.5 Å². The molecule has 0 saturated heterocycles. The number of aryl methyl sites for hydroxylation is 2. The molecule has 6 nitrogen and oxygen atoms in total. The van der Waals surface area contributed by atoms with E-state index in [0.717, 1.165) is 21.7 Å². The number of anilines is 2. The molecule has 1 heterocycles. The summed E-state index contributed by atoms with van der Waals surface area (Å²) in [5.41, 5.74) is 4.70. The fourth-order valence-electron chi connectivity index (χ4n) is 3.81. The summed E-state index contributed by atoms with van der Waals surface area (Å²) in [6.45, 7) is 7.80. The second kappa shape index (κ2) is 9.24. The maximum atomic E-state index is 13.6. The maximum Gasteiger partial charge on any atom is 0.282 e. The number of nitrogens with one attached hydrogen (secondary N) is 1. The minimum absolute atomic E-state index is 0.0214. The third kappa shape index (κ3) is 4.41. The Morgan fingerprint density at radius 3 is 2.21 bits per heavy atom. The van der Waals surface area contributed by atoms with Gasteiger partial charge in [-0.15, -0.1) is 0 Å². The summed E-state index contributed by atoms with van der Waals surface area (Å²) in [6, 6.07) is 21.5. The highest BCUT2D eigenvalue weighted by Gasteiger charge is 2.40. The first-order valence-electron chi connectivity index (χ1n) is 11.0. The lowest BCUT2D eigenvalue weighted by Crippen LogP contribution is -2.32. The quantitative estimate of drug-likeness (QED) is 0.510. The SMILES string of the molecule is Cc1ccc(C)c(NC2=C(c3ccc(OC(C)C)cc3)C(=O)N(c3ccc(C#N)cc3)C2=O)c1. The predicted octanol–water partition coefficient (Wildman–Crippen LogP) is 5.36. The molecular weight excluding hydrogens is 426 g/mol. The Labute approximate surface area is 199 Å². The van der Waals surface area contributed by atoms with Gasteiger partial charge in [0, 0.05) is 5.69 Å². The van der Waals surface area contributed by atoms with Crippen LogP contribution in [0.3, 0.4) is 0 Å². The highest BCUT2D eigenvalue weighted by atomic mass is 16.5. The molecular formula is C28H25N3O3. The number of benzene rings is 3. The van der Waals surface area contributed by atoms with Crippen LogP contribution in [-0.2, 0) is 9.59 Å². The van der Waals surface area contributed by atoms with Crippen molar-refractivity contribution in [3.05, 3.63) is 94.7 Å². The van der Waals surface area contributed by atoms with Gasteiger partial charge < -0.3 is 10.1 Å². The van der Waals surface area contributed by atoms with E-state index in [2.05, 4.69) is 11.4 Å². The number of hydrogen-bond acceptors (Lipinski definition) is 5. The van der Waals surface area contributed by atoms with Crippen molar-refractivity contribution < 1.29 is 14.3 Å². The lowest BCUT2D eigenvalue weighted by Gasteiger charge is -2.16. The molecule has 0 radical (unpaired) electrons. The number of nitriles is 1. The van der Waals surface area contributed by atoms with Gasteiger partial charge in [-0.3, -0.25) is 9.59 Å². The molecule has 34 heavy (non-hydrogen) atoms. The first kappa shape index (κ1) is 22.8. The highest BCUT2D eigenvalue weighted by molar-refractivity contribution is 6.46. The Morgan fingerprint density at radius 1 is 0.912 bits per heavy atom. The second-order valence-corrected chi connectivity index (χ2v) is 8.49. The van der Waals surface area contributed by atoms with Gasteiger partial charge in [0.25, 0.3) is 11.8 Å². The molecule has 0 saturated carbocycles. The van der Waals surface area contributed by atoms with Crippen LogP contribution in [0.25, 0.3) is 5.57 Å². The van der Waals surface area contributed by atoms with Gasteiger partial charge in [0.15, 0.2) is 0 Å². The first-order chi connectivity index (χ1) is 16.3. The molecule has 4 rings (SSSR count). The molecule has 0 atom stereocenters. The zero-order chi connectivity index (χ0) is 24.4. The average molecular weight is 452 g/mol. The van der Waals surface area contributed by atoms with Crippen molar-refractivity contribution in [2.24, 2.45) is 0 Å². The molecule has 1 aliphatic rings. The standard InChI is InChI=1S/C28H25N3O3/c1-17(2)34-23-13-9-21(10-14-23)25-26(30-24-15-18(3)5-6-19(24)4)28(33)31(27(25)32)22-11-7-20(16-29)8-12-22/h5-15,17,30H,1-4H3. The number of imide groups is 1. The van der Waals surface area contributed by atoms with Crippen LogP contribution in [0.15, 0.2) is 72.4 Å². The Balaban J connectivity index is 1.80. The molecule has 3 aromatic rings. The van der Waals surface area contributed by atoms with Crippen molar-refractivity contribution >= 4 is 28.8 Å². The molecule has 0 spiro atoms. The number of nitrogens with zero attached hydrogens (tertiary/aromatic N) is 2. The van der Waals surface area contributed by atoms with E-state index in [9.17, 15) is 9.59 Å². The normalized spacial score (nSPS) is 13.5.